The maximum atomic E-state index is 12.2. The van der Waals surface area contributed by atoms with Gasteiger partial charge in [0.1, 0.15) is 4.88 Å². The van der Waals surface area contributed by atoms with Gasteiger partial charge in [0.2, 0.25) is 0 Å². The SMILES string of the molecule is CCNC(=NCC(C(CC)CC)N1CCOCC1)NCCNC(=O)c1scnc1C. The molecule has 30 heavy (non-hydrogen) atoms. The number of nitrogens with one attached hydrogen (secondary N) is 3. The van der Waals surface area contributed by atoms with Gasteiger partial charge in [-0.2, -0.15) is 0 Å². The fourth-order valence-electron chi connectivity index (χ4n) is 3.79. The molecular formula is C21H38N6O2S. The van der Waals surface area contributed by atoms with Crippen molar-refractivity contribution in [2.45, 2.75) is 46.6 Å². The van der Waals surface area contributed by atoms with Gasteiger partial charge < -0.3 is 20.7 Å². The molecule has 1 aliphatic rings. The Hall–Kier alpha value is -1.71. The van der Waals surface area contributed by atoms with Crippen LogP contribution in [-0.2, 0) is 4.74 Å². The van der Waals surface area contributed by atoms with Crippen molar-refractivity contribution in [2.75, 3.05) is 52.5 Å². The second-order valence-corrected chi connectivity index (χ2v) is 8.32. The molecular weight excluding hydrogens is 400 g/mol. The van der Waals surface area contributed by atoms with Gasteiger partial charge in [0.25, 0.3) is 5.91 Å². The lowest BCUT2D eigenvalue weighted by Gasteiger charge is -2.38. The summed E-state index contributed by atoms with van der Waals surface area (Å²) in [7, 11) is 0. The highest BCUT2D eigenvalue weighted by Crippen LogP contribution is 2.20. The van der Waals surface area contributed by atoms with Crippen LogP contribution in [0.5, 0.6) is 0 Å². The number of aliphatic imine (C=N–C) groups is 1. The van der Waals surface area contributed by atoms with Crippen LogP contribution in [0, 0.1) is 12.8 Å². The number of carbonyl (C=O) groups is 1. The molecule has 1 atom stereocenters. The van der Waals surface area contributed by atoms with Crippen LogP contribution in [0.2, 0.25) is 0 Å². The van der Waals surface area contributed by atoms with E-state index in [4.69, 9.17) is 9.73 Å². The molecule has 2 heterocycles. The molecule has 9 heteroatoms. The number of aryl methyl sites for hydroxylation is 1. The van der Waals surface area contributed by atoms with E-state index in [1.807, 2.05) is 6.92 Å². The highest BCUT2D eigenvalue weighted by atomic mass is 32.1. The second-order valence-electron chi connectivity index (χ2n) is 7.46. The fraction of sp³-hybridized carbons (Fsp3) is 0.762. The number of hydrogen-bond donors (Lipinski definition) is 3. The Bertz CT molecular complexity index is 656. The summed E-state index contributed by atoms with van der Waals surface area (Å²) in [6, 6.07) is 0.424. The van der Waals surface area contributed by atoms with Gasteiger partial charge in [-0.05, 0) is 19.8 Å². The first-order chi connectivity index (χ1) is 14.6. The molecule has 0 saturated carbocycles. The summed E-state index contributed by atoms with van der Waals surface area (Å²) in [5, 5.41) is 9.59. The van der Waals surface area contributed by atoms with E-state index < -0.39 is 0 Å². The van der Waals surface area contributed by atoms with E-state index in [2.05, 4.69) is 46.6 Å². The van der Waals surface area contributed by atoms with Crippen LogP contribution in [0.3, 0.4) is 0 Å². The molecule has 1 fully saturated rings. The number of thiazole rings is 1. The minimum atomic E-state index is -0.0696. The molecule has 0 aromatic carbocycles. The van der Waals surface area contributed by atoms with Crippen molar-refractivity contribution < 1.29 is 9.53 Å². The summed E-state index contributed by atoms with van der Waals surface area (Å²) < 4.78 is 5.54. The van der Waals surface area contributed by atoms with E-state index in [1.54, 1.807) is 5.51 Å². The average Bonchev–Trinajstić information content (AvgIpc) is 3.20. The monoisotopic (exact) mass is 438 g/mol. The predicted octanol–water partition coefficient (Wildman–Crippen LogP) is 1.87. The van der Waals surface area contributed by atoms with Crippen LogP contribution in [-0.4, -0.2) is 80.3 Å². The average molecular weight is 439 g/mol. The van der Waals surface area contributed by atoms with Crippen LogP contribution >= 0.6 is 11.3 Å². The summed E-state index contributed by atoms with van der Waals surface area (Å²) in [5.74, 6) is 1.35. The van der Waals surface area contributed by atoms with Crippen molar-refractivity contribution in [3.05, 3.63) is 16.1 Å². The molecule has 1 aliphatic heterocycles. The summed E-state index contributed by atoms with van der Waals surface area (Å²) in [6.45, 7) is 14.7. The molecule has 0 bridgehead atoms. The van der Waals surface area contributed by atoms with Crippen LogP contribution in [0.15, 0.2) is 10.5 Å². The number of nitrogens with zero attached hydrogens (tertiary/aromatic N) is 3. The van der Waals surface area contributed by atoms with E-state index in [0.717, 1.165) is 63.9 Å². The lowest BCUT2D eigenvalue weighted by Crippen LogP contribution is -2.49. The minimum absolute atomic E-state index is 0.0696. The second kappa shape index (κ2) is 13.6. The van der Waals surface area contributed by atoms with Gasteiger partial charge in [-0.25, -0.2) is 4.98 Å². The molecule has 0 spiro atoms. The number of hydrogen-bond acceptors (Lipinski definition) is 6. The zero-order valence-corrected chi connectivity index (χ0v) is 19.7. The molecule has 1 unspecified atom stereocenters. The summed E-state index contributed by atoms with van der Waals surface area (Å²) in [4.78, 5) is 24.4. The molecule has 2 rings (SSSR count). The normalized spacial score (nSPS) is 16.5. The Labute approximate surface area is 184 Å². The molecule has 1 amide bonds. The number of morpholine rings is 1. The lowest BCUT2D eigenvalue weighted by atomic mass is 9.92. The van der Waals surface area contributed by atoms with Crippen LogP contribution < -0.4 is 16.0 Å². The first-order valence-corrected chi connectivity index (χ1v) is 12.0. The maximum Gasteiger partial charge on any atom is 0.263 e. The third-order valence-corrected chi connectivity index (χ3v) is 6.47. The van der Waals surface area contributed by atoms with Gasteiger partial charge in [-0.15, -0.1) is 11.3 Å². The molecule has 170 valence electrons. The zero-order chi connectivity index (χ0) is 21.8. The molecule has 0 aliphatic carbocycles. The van der Waals surface area contributed by atoms with Crippen molar-refractivity contribution in [3.8, 4) is 0 Å². The molecule has 0 radical (unpaired) electrons. The molecule has 3 N–H and O–H groups in total. The van der Waals surface area contributed by atoms with Crippen LogP contribution in [0.4, 0.5) is 0 Å². The first-order valence-electron chi connectivity index (χ1n) is 11.1. The van der Waals surface area contributed by atoms with Gasteiger partial charge in [0, 0.05) is 38.8 Å². The van der Waals surface area contributed by atoms with Gasteiger partial charge in [0.15, 0.2) is 5.96 Å². The number of amides is 1. The third kappa shape index (κ3) is 7.52. The number of carbonyl (C=O) groups excluding carboxylic acids is 1. The number of aromatic nitrogens is 1. The van der Waals surface area contributed by atoms with E-state index in [9.17, 15) is 4.79 Å². The summed E-state index contributed by atoms with van der Waals surface area (Å²) >= 11 is 1.37. The quantitative estimate of drug-likeness (QED) is 0.278. The Balaban J connectivity index is 1.88. The van der Waals surface area contributed by atoms with Gasteiger partial charge in [-0.3, -0.25) is 14.7 Å². The largest absolute Gasteiger partial charge is 0.379 e. The van der Waals surface area contributed by atoms with Gasteiger partial charge in [0.05, 0.1) is 31.0 Å². The number of ether oxygens (including phenoxy) is 1. The minimum Gasteiger partial charge on any atom is -0.379 e. The highest BCUT2D eigenvalue weighted by molar-refractivity contribution is 7.11. The predicted molar refractivity (Wildman–Crippen MR) is 123 cm³/mol. The Morgan fingerprint density at radius 1 is 1.20 bits per heavy atom. The van der Waals surface area contributed by atoms with Crippen LogP contribution in [0.25, 0.3) is 0 Å². The Morgan fingerprint density at radius 2 is 1.90 bits per heavy atom. The number of rotatable bonds is 11. The van der Waals surface area contributed by atoms with E-state index >= 15 is 0 Å². The maximum absolute atomic E-state index is 12.2. The number of guanidine groups is 1. The summed E-state index contributed by atoms with van der Waals surface area (Å²) in [5.41, 5.74) is 2.47. The molecule has 1 aromatic rings. The summed E-state index contributed by atoms with van der Waals surface area (Å²) in [6.07, 6.45) is 2.31. The van der Waals surface area contributed by atoms with Gasteiger partial charge in [-0.1, -0.05) is 26.7 Å². The highest BCUT2D eigenvalue weighted by Gasteiger charge is 2.26. The smallest absolute Gasteiger partial charge is 0.263 e. The zero-order valence-electron chi connectivity index (χ0n) is 18.9. The van der Waals surface area contributed by atoms with E-state index in [-0.39, 0.29) is 5.91 Å². The Morgan fingerprint density at radius 3 is 2.50 bits per heavy atom. The van der Waals surface area contributed by atoms with E-state index in [0.29, 0.717) is 29.9 Å². The first kappa shape index (κ1) is 24.6. The molecule has 1 saturated heterocycles. The molecule has 8 nitrogen and oxygen atoms in total. The standard InChI is InChI=1S/C21H38N6O2S/c1-5-17(6-2)18(27-10-12-29-13-11-27)14-25-21(22-7-3)24-9-8-23-20(28)19-16(4)26-15-30-19/h15,17-18H,5-14H2,1-4H3,(H,23,28)(H2,22,24,25). The fourth-order valence-corrected chi connectivity index (χ4v) is 4.51. The van der Waals surface area contributed by atoms with Crippen molar-refractivity contribution in [2.24, 2.45) is 10.9 Å². The molecule has 1 aromatic heterocycles. The van der Waals surface area contributed by atoms with Gasteiger partial charge >= 0.3 is 0 Å². The van der Waals surface area contributed by atoms with E-state index in [1.165, 1.54) is 11.3 Å². The third-order valence-electron chi connectivity index (χ3n) is 5.54. The van der Waals surface area contributed by atoms with Crippen molar-refractivity contribution >= 4 is 23.2 Å². The Kier molecular flexibility index (Phi) is 11.1. The van der Waals surface area contributed by atoms with Crippen molar-refractivity contribution in [3.63, 3.8) is 0 Å². The van der Waals surface area contributed by atoms with Crippen molar-refractivity contribution in [1.82, 2.24) is 25.8 Å². The van der Waals surface area contributed by atoms with Crippen LogP contribution in [0.1, 0.15) is 49.0 Å². The van der Waals surface area contributed by atoms with Crippen molar-refractivity contribution in [1.29, 1.82) is 0 Å². The topological polar surface area (TPSA) is 90.9 Å². The lowest BCUT2D eigenvalue weighted by molar-refractivity contribution is 0.00395.